The van der Waals surface area contributed by atoms with Gasteiger partial charge in [0, 0.05) is 67.7 Å². The first-order valence-corrected chi connectivity index (χ1v) is 32.3. The van der Waals surface area contributed by atoms with Crippen LogP contribution in [0.2, 0.25) is 0 Å². The van der Waals surface area contributed by atoms with Crippen molar-refractivity contribution in [3.05, 3.63) is 327 Å². The molecule has 0 unspecified atom stereocenters. The number of fused-ring (bicyclic) bond motifs is 7. The zero-order valence-corrected chi connectivity index (χ0v) is 52.7. The van der Waals surface area contributed by atoms with Crippen LogP contribution >= 0.6 is 0 Å². The second-order valence-corrected chi connectivity index (χ2v) is 25.1. The highest BCUT2D eigenvalue weighted by Crippen LogP contribution is 2.56. The van der Waals surface area contributed by atoms with Gasteiger partial charge in [-0.1, -0.05) is 287 Å². The molecule has 3 aromatic heterocycles. The van der Waals surface area contributed by atoms with Gasteiger partial charge in [0.05, 0.1) is 11.0 Å². The Morgan fingerprint density at radius 3 is 0.937 bits per heavy atom. The van der Waals surface area contributed by atoms with E-state index in [1.807, 2.05) is 36.4 Å². The molecule has 95 heavy (non-hydrogen) atoms. The molecular weight excluding hydrogens is 1160 g/mol. The summed E-state index contributed by atoms with van der Waals surface area (Å²) in [6.07, 6.45) is 0. The third-order valence-corrected chi connectivity index (χ3v) is 18.8. The number of aromatic nitrogens is 7. The van der Waals surface area contributed by atoms with Crippen molar-refractivity contribution in [3.8, 4) is 146 Å². The van der Waals surface area contributed by atoms with Crippen molar-refractivity contribution in [3.63, 3.8) is 0 Å². The topological polar surface area (TPSA) is 82.3 Å². The summed E-state index contributed by atoms with van der Waals surface area (Å²) in [5.74, 6) is 3.62. The number of para-hydroxylation sites is 1. The maximum Gasteiger partial charge on any atom is 0.164 e. The molecule has 448 valence electrons. The van der Waals surface area contributed by atoms with Gasteiger partial charge in [0.2, 0.25) is 0 Å². The average Bonchev–Trinajstić information content (AvgIpc) is 1.53. The summed E-state index contributed by atoms with van der Waals surface area (Å²) in [6.45, 7) is 4.77. The van der Waals surface area contributed by atoms with E-state index >= 15 is 0 Å². The molecule has 0 amide bonds. The van der Waals surface area contributed by atoms with Crippen LogP contribution in [0.4, 0.5) is 0 Å². The predicted octanol–water partition coefficient (Wildman–Crippen LogP) is 22.0. The molecule has 0 fully saturated rings. The Morgan fingerprint density at radius 1 is 0.232 bits per heavy atom. The van der Waals surface area contributed by atoms with Gasteiger partial charge < -0.3 is 4.57 Å². The van der Waals surface area contributed by atoms with E-state index in [0.29, 0.717) is 34.9 Å². The zero-order valence-electron chi connectivity index (χ0n) is 52.7. The molecule has 7 nitrogen and oxygen atoms in total. The molecule has 0 bridgehead atoms. The molecule has 7 heteroatoms. The lowest BCUT2D eigenvalue weighted by atomic mass is 9.79. The van der Waals surface area contributed by atoms with Crippen LogP contribution in [0.5, 0.6) is 0 Å². The molecular formula is C88H61N7. The smallest absolute Gasteiger partial charge is 0.164 e. The monoisotopic (exact) mass is 1220 g/mol. The minimum Gasteiger partial charge on any atom is -0.343 e. The average molecular weight is 1220 g/mol. The van der Waals surface area contributed by atoms with Gasteiger partial charge in [-0.25, -0.2) is 29.9 Å². The van der Waals surface area contributed by atoms with E-state index < -0.39 is 0 Å². The van der Waals surface area contributed by atoms with E-state index in [1.54, 1.807) is 0 Å². The highest BCUT2D eigenvalue weighted by molar-refractivity contribution is 6.20. The van der Waals surface area contributed by atoms with Gasteiger partial charge in [-0.2, -0.15) is 0 Å². The van der Waals surface area contributed by atoms with E-state index in [0.717, 1.165) is 106 Å². The van der Waals surface area contributed by atoms with Gasteiger partial charge in [-0.3, -0.25) is 0 Å². The van der Waals surface area contributed by atoms with Gasteiger partial charge in [-0.15, -0.1) is 0 Å². The molecule has 0 aliphatic heterocycles. The standard InChI is InChI=1S/C88H61N7/c1-88(2)77-40-23-22-37-73(77)76-55-75(61-43-47-65(48-44-61)85-90-83(63-35-20-9-21-36-63)92-87(94-85)71-53-68(58-29-14-6-15-30-58)50-69(54-71)59-31-16-7-17-32-59)81-78(79(76)88)74-39-24-38-72(80(74)95(81)3)60-41-45-64(46-42-60)84-89-82(62-33-18-8-19-34-62)91-86(93-84)70-51-66(56-25-10-4-11-26-56)49-67(52-70)57-27-12-5-13-28-57/h4-55H,1-3H3. The van der Waals surface area contributed by atoms with E-state index in [-0.39, 0.29) is 5.41 Å². The summed E-state index contributed by atoms with van der Waals surface area (Å²) < 4.78 is 2.44. The highest BCUT2D eigenvalue weighted by Gasteiger charge is 2.39. The van der Waals surface area contributed by atoms with Crippen molar-refractivity contribution in [1.82, 2.24) is 34.5 Å². The SMILES string of the molecule is Cn1c2c(-c3ccc(-c4nc(-c5ccccc5)nc(-c5cc(-c6ccccc6)cc(-c6ccccc6)c5)n4)cc3)cccc2c2c3c(cc(-c4ccc(-c5nc(-c6ccccc6)nc(-c6cc(-c7ccccc7)cc(-c7ccccc7)c6)n5)cc4)c21)-c1ccccc1C3(C)C. The second-order valence-electron chi connectivity index (χ2n) is 25.1. The molecule has 1 aliphatic carbocycles. The summed E-state index contributed by atoms with van der Waals surface area (Å²) in [5, 5.41) is 2.47. The molecule has 0 N–H and O–H groups in total. The summed E-state index contributed by atoms with van der Waals surface area (Å²) in [6, 6.07) is 112. The van der Waals surface area contributed by atoms with Crippen molar-refractivity contribution < 1.29 is 0 Å². The van der Waals surface area contributed by atoms with Crippen molar-refractivity contribution >= 4 is 21.8 Å². The first kappa shape index (κ1) is 56.6. The van der Waals surface area contributed by atoms with Crippen LogP contribution < -0.4 is 0 Å². The lowest BCUT2D eigenvalue weighted by Gasteiger charge is -2.23. The van der Waals surface area contributed by atoms with E-state index in [4.69, 9.17) is 29.9 Å². The number of nitrogens with zero attached hydrogens (tertiary/aromatic N) is 7. The van der Waals surface area contributed by atoms with E-state index in [9.17, 15) is 0 Å². The van der Waals surface area contributed by atoms with Crippen molar-refractivity contribution in [2.75, 3.05) is 0 Å². The van der Waals surface area contributed by atoms with Gasteiger partial charge in [-0.05, 0) is 120 Å². The summed E-state index contributed by atoms with van der Waals surface area (Å²) >= 11 is 0. The summed E-state index contributed by atoms with van der Waals surface area (Å²) in [7, 11) is 2.24. The Bertz CT molecular complexity index is 5460. The normalized spacial score (nSPS) is 12.2. The highest BCUT2D eigenvalue weighted by atomic mass is 15.0. The van der Waals surface area contributed by atoms with Crippen LogP contribution in [0.15, 0.2) is 315 Å². The minimum atomic E-state index is -0.276. The quantitative estimate of drug-likeness (QED) is 0.121. The summed E-state index contributed by atoms with van der Waals surface area (Å²) in [4.78, 5) is 31.5. The van der Waals surface area contributed by atoms with Gasteiger partial charge in [0.25, 0.3) is 0 Å². The molecule has 0 saturated heterocycles. The van der Waals surface area contributed by atoms with Crippen LogP contribution in [0, 0.1) is 0 Å². The zero-order chi connectivity index (χ0) is 63.6. The fraction of sp³-hybridized carbons (Fsp3) is 0.0455. The number of benzene rings is 13. The third-order valence-electron chi connectivity index (χ3n) is 18.8. The molecule has 3 heterocycles. The van der Waals surface area contributed by atoms with E-state index in [1.165, 1.54) is 38.5 Å². The lowest BCUT2D eigenvalue weighted by molar-refractivity contribution is 0.666. The predicted molar refractivity (Wildman–Crippen MR) is 390 cm³/mol. The molecule has 0 saturated carbocycles. The largest absolute Gasteiger partial charge is 0.343 e. The molecule has 1 aliphatic rings. The Hall–Kier alpha value is -12.3. The maximum atomic E-state index is 5.33. The fourth-order valence-corrected chi connectivity index (χ4v) is 14.2. The molecule has 0 radical (unpaired) electrons. The van der Waals surface area contributed by atoms with Crippen LogP contribution in [0.1, 0.15) is 25.0 Å². The van der Waals surface area contributed by atoms with Crippen molar-refractivity contribution in [1.29, 1.82) is 0 Å². The Balaban J connectivity index is 0.789. The minimum absolute atomic E-state index is 0.276. The van der Waals surface area contributed by atoms with Gasteiger partial charge in [0.15, 0.2) is 34.9 Å². The number of hydrogen-bond acceptors (Lipinski definition) is 6. The van der Waals surface area contributed by atoms with E-state index in [2.05, 4.69) is 305 Å². The first-order chi connectivity index (χ1) is 46.7. The second kappa shape index (κ2) is 23.4. The Kier molecular flexibility index (Phi) is 14.0. The van der Waals surface area contributed by atoms with Gasteiger partial charge >= 0.3 is 0 Å². The van der Waals surface area contributed by atoms with Crippen LogP contribution in [0.3, 0.4) is 0 Å². The van der Waals surface area contributed by atoms with Crippen molar-refractivity contribution in [2.45, 2.75) is 19.3 Å². The molecule has 16 aromatic rings. The maximum absolute atomic E-state index is 5.33. The molecule has 0 atom stereocenters. The summed E-state index contributed by atoms with van der Waals surface area (Å²) in [5.41, 5.74) is 26.0. The number of rotatable bonds is 12. The van der Waals surface area contributed by atoms with Gasteiger partial charge in [0.1, 0.15) is 0 Å². The first-order valence-electron chi connectivity index (χ1n) is 32.3. The molecule has 13 aromatic carbocycles. The van der Waals surface area contributed by atoms with Crippen LogP contribution in [-0.2, 0) is 12.5 Å². The number of aryl methyl sites for hydroxylation is 1. The Labute approximate surface area is 552 Å². The van der Waals surface area contributed by atoms with Crippen LogP contribution in [-0.4, -0.2) is 34.5 Å². The molecule has 17 rings (SSSR count). The van der Waals surface area contributed by atoms with Crippen molar-refractivity contribution in [2.24, 2.45) is 7.05 Å². The Morgan fingerprint density at radius 2 is 0.537 bits per heavy atom. The van der Waals surface area contributed by atoms with Crippen LogP contribution in [0.25, 0.3) is 168 Å². The lowest BCUT2D eigenvalue weighted by Crippen LogP contribution is -2.15. The number of hydrogen-bond donors (Lipinski definition) is 0. The molecule has 0 spiro atoms. The third kappa shape index (κ3) is 10.3. The fourth-order valence-electron chi connectivity index (χ4n) is 14.2.